The van der Waals surface area contributed by atoms with E-state index in [9.17, 15) is 4.79 Å². The van der Waals surface area contributed by atoms with Crippen LogP contribution >= 0.6 is 27.7 Å². The molecule has 0 radical (unpaired) electrons. The Labute approximate surface area is 133 Å². The Bertz CT molecular complexity index is 656. The average Bonchev–Trinajstić information content (AvgIpc) is 2.89. The number of aromatic nitrogens is 3. The lowest BCUT2D eigenvalue weighted by Crippen LogP contribution is -2.14. The smallest absolute Gasteiger partial charge is 0.365 e. The Morgan fingerprint density at radius 3 is 2.71 bits per heavy atom. The summed E-state index contributed by atoms with van der Waals surface area (Å²) in [6, 6.07) is 7.39. The van der Waals surface area contributed by atoms with E-state index in [2.05, 4.69) is 36.7 Å². The number of nitrogens with one attached hydrogen (secondary N) is 1. The predicted octanol–water partition coefficient (Wildman–Crippen LogP) is 2.27. The molecule has 0 unspecified atom stereocenters. The lowest BCUT2D eigenvalue weighted by atomic mass is 10.3. The first-order valence-electron chi connectivity index (χ1n) is 5.79. The van der Waals surface area contributed by atoms with Crippen molar-refractivity contribution in [3.8, 4) is 0 Å². The Morgan fingerprint density at radius 1 is 1.43 bits per heavy atom. The zero-order valence-electron chi connectivity index (χ0n) is 11.3. The first-order chi connectivity index (χ1) is 10.1. The maximum absolute atomic E-state index is 11.7. The third-order valence-corrected chi connectivity index (χ3v) is 3.88. The van der Waals surface area contributed by atoms with Crippen LogP contribution in [0.25, 0.3) is 0 Å². The van der Waals surface area contributed by atoms with Crippen molar-refractivity contribution < 1.29 is 9.53 Å². The van der Waals surface area contributed by atoms with E-state index in [1.807, 2.05) is 24.3 Å². The number of hydrazone groups is 1. The number of methoxy groups -OCH3 is 1. The summed E-state index contributed by atoms with van der Waals surface area (Å²) in [5, 5.41) is 12.4. The standard InChI is InChI=1S/C12H12BrN5O2S/c1-18-7-14-17-12(18)21-10(11(19)20-2)16-15-9-5-3-8(13)4-6-9/h3-7,15H,1-2H3/b16-10-. The predicted molar refractivity (Wildman–Crippen MR) is 84.1 cm³/mol. The van der Waals surface area contributed by atoms with Gasteiger partial charge >= 0.3 is 5.97 Å². The van der Waals surface area contributed by atoms with Crippen LogP contribution in [0.5, 0.6) is 0 Å². The van der Waals surface area contributed by atoms with E-state index < -0.39 is 5.97 Å². The normalized spacial score (nSPS) is 11.3. The number of aryl methyl sites for hydroxylation is 1. The summed E-state index contributed by atoms with van der Waals surface area (Å²) in [5.41, 5.74) is 3.56. The van der Waals surface area contributed by atoms with Crippen molar-refractivity contribution in [3.63, 3.8) is 0 Å². The van der Waals surface area contributed by atoms with Crippen LogP contribution in [0.4, 0.5) is 5.69 Å². The van der Waals surface area contributed by atoms with E-state index in [0.29, 0.717) is 5.16 Å². The number of rotatable bonds is 3. The van der Waals surface area contributed by atoms with Gasteiger partial charge in [-0.2, -0.15) is 5.10 Å². The molecule has 21 heavy (non-hydrogen) atoms. The second-order valence-corrected chi connectivity index (χ2v) is 5.73. The van der Waals surface area contributed by atoms with Gasteiger partial charge in [0.15, 0.2) is 5.16 Å². The number of hydrogen-bond acceptors (Lipinski definition) is 7. The summed E-state index contributed by atoms with van der Waals surface area (Å²) in [6.07, 6.45) is 1.54. The largest absolute Gasteiger partial charge is 0.464 e. The van der Waals surface area contributed by atoms with Crippen LogP contribution in [-0.2, 0) is 16.6 Å². The minimum Gasteiger partial charge on any atom is -0.464 e. The van der Waals surface area contributed by atoms with Gasteiger partial charge < -0.3 is 9.30 Å². The lowest BCUT2D eigenvalue weighted by Gasteiger charge is -2.05. The number of nitrogens with zero attached hydrogens (tertiary/aromatic N) is 4. The fourth-order valence-electron chi connectivity index (χ4n) is 1.29. The molecule has 0 bridgehead atoms. The highest BCUT2D eigenvalue weighted by atomic mass is 79.9. The molecule has 0 aliphatic rings. The van der Waals surface area contributed by atoms with Crippen LogP contribution < -0.4 is 5.43 Å². The van der Waals surface area contributed by atoms with Crippen LogP contribution in [-0.4, -0.2) is 32.9 Å². The van der Waals surface area contributed by atoms with Gasteiger partial charge in [0.25, 0.3) is 0 Å². The molecule has 2 aromatic rings. The summed E-state index contributed by atoms with van der Waals surface area (Å²) in [5.74, 6) is -0.549. The van der Waals surface area contributed by atoms with Crippen molar-refractivity contribution >= 4 is 44.4 Å². The quantitative estimate of drug-likeness (QED) is 0.294. The van der Waals surface area contributed by atoms with Crippen LogP contribution in [0, 0.1) is 0 Å². The van der Waals surface area contributed by atoms with Gasteiger partial charge in [0.1, 0.15) is 6.33 Å². The molecule has 1 aromatic carbocycles. The third kappa shape index (κ3) is 4.30. The second kappa shape index (κ2) is 7.23. The van der Waals surface area contributed by atoms with Gasteiger partial charge in [0.05, 0.1) is 12.8 Å². The molecule has 0 aliphatic carbocycles. The van der Waals surface area contributed by atoms with Crippen LogP contribution in [0.3, 0.4) is 0 Å². The summed E-state index contributed by atoms with van der Waals surface area (Å²) in [4.78, 5) is 11.7. The fourth-order valence-corrected chi connectivity index (χ4v) is 2.26. The average molecular weight is 370 g/mol. The van der Waals surface area contributed by atoms with Crippen molar-refractivity contribution in [2.45, 2.75) is 5.16 Å². The minimum absolute atomic E-state index is 0.136. The Morgan fingerprint density at radius 2 is 2.14 bits per heavy atom. The summed E-state index contributed by atoms with van der Waals surface area (Å²) >= 11 is 4.42. The minimum atomic E-state index is -0.549. The molecule has 0 fully saturated rings. The highest BCUT2D eigenvalue weighted by molar-refractivity contribution is 9.10. The summed E-state index contributed by atoms with van der Waals surface area (Å²) in [7, 11) is 3.08. The molecule has 110 valence electrons. The van der Waals surface area contributed by atoms with Crippen LogP contribution in [0.2, 0.25) is 0 Å². The number of carbonyl (C=O) groups excluding carboxylic acids is 1. The van der Waals surface area contributed by atoms with Crippen molar-refractivity contribution in [2.75, 3.05) is 12.5 Å². The van der Waals surface area contributed by atoms with E-state index in [4.69, 9.17) is 4.74 Å². The fraction of sp³-hybridized carbons (Fsp3) is 0.167. The van der Waals surface area contributed by atoms with Gasteiger partial charge in [-0.3, -0.25) is 5.43 Å². The highest BCUT2D eigenvalue weighted by Gasteiger charge is 2.17. The topological polar surface area (TPSA) is 81.4 Å². The number of benzene rings is 1. The first-order valence-corrected chi connectivity index (χ1v) is 7.40. The molecule has 0 aliphatic heterocycles. The lowest BCUT2D eigenvalue weighted by molar-refractivity contribution is -0.132. The number of carbonyl (C=O) groups is 1. The summed E-state index contributed by atoms with van der Waals surface area (Å²) in [6.45, 7) is 0. The van der Waals surface area contributed by atoms with Crippen LogP contribution in [0.1, 0.15) is 0 Å². The van der Waals surface area contributed by atoms with Gasteiger partial charge in [-0.05, 0) is 36.0 Å². The zero-order chi connectivity index (χ0) is 15.2. The van der Waals surface area contributed by atoms with Gasteiger partial charge in [-0.15, -0.1) is 10.2 Å². The van der Waals surface area contributed by atoms with Gasteiger partial charge in [0, 0.05) is 11.5 Å². The molecule has 1 heterocycles. The monoisotopic (exact) mass is 369 g/mol. The maximum Gasteiger partial charge on any atom is 0.365 e. The molecule has 0 atom stereocenters. The highest BCUT2D eigenvalue weighted by Crippen LogP contribution is 2.18. The molecule has 9 heteroatoms. The van der Waals surface area contributed by atoms with E-state index in [1.54, 1.807) is 17.9 Å². The Balaban J connectivity index is 2.15. The molecule has 1 N–H and O–H groups in total. The van der Waals surface area contributed by atoms with Crippen LogP contribution in [0.15, 0.2) is 45.3 Å². The van der Waals surface area contributed by atoms with Gasteiger partial charge in [-0.1, -0.05) is 15.9 Å². The molecule has 2 rings (SSSR count). The first kappa shape index (κ1) is 15.5. The SMILES string of the molecule is COC(=O)/C(=N/Nc1ccc(Br)cc1)Sc1nncn1C. The number of ether oxygens (including phenoxy) is 1. The van der Waals surface area contributed by atoms with Gasteiger partial charge in [0.2, 0.25) is 5.04 Å². The zero-order valence-corrected chi connectivity index (χ0v) is 13.7. The second-order valence-electron chi connectivity index (χ2n) is 3.85. The molecule has 0 saturated heterocycles. The number of thioether (sulfide) groups is 1. The van der Waals surface area contributed by atoms with Crippen molar-refractivity contribution in [1.29, 1.82) is 0 Å². The molecular weight excluding hydrogens is 358 g/mol. The molecule has 0 saturated carbocycles. The number of esters is 1. The molecule has 0 amide bonds. The number of hydrogen-bond donors (Lipinski definition) is 1. The molecule has 1 aromatic heterocycles. The molecule has 7 nitrogen and oxygen atoms in total. The molecular formula is C12H12BrN5O2S. The van der Waals surface area contributed by atoms with E-state index in [-0.39, 0.29) is 5.04 Å². The van der Waals surface area contributed by atoms with Gasteiger partial charge in [-0.25, -0.2) is 4.79 Å². The van der Waals surface area contributed by atoms with E-state index in [1.165, 1.54) is 7.11 Å². The maximum atomic E-state index is 11.7. The third-order valence-electron chi connectivity index (χ3n) is 2.35. The van der Waals surface area contributed by atoms with E-state index in [0.717, 1.165) is 21.9 Å². The summed E-state index contributed by atoms with van der Waals surface area (Å²) < 4.78 is 7.35. The Kier molecular flexibility index (Phi) is 5.34. The Hall–Kier alpha value is -1.87. The van der Waals surface area contributed by atoms with Crippen molar-refractivity contribution in [1.82, 2.24) is 14.8 Å². The number of anilines is 1. The number of halogens is 1. The molecule has 0 spiro atoms. The van der Waals surface area contributed by atoms with Crippen molar-refractivity contribution in [2.24, 2.45) is 12.1 Å². The van der Waals surface area contributed by atoms with Crippen molar-refractivity contribution in [3.05, 3.63) is 35.1 Å². The van der Waals surface area contributed by atoms with E-state index >= 15 is 0 Å².